The van der Waals surface area contributed by atoms with Crippen molar-refractivity contribution in [2.75, 3.05) is 39.1 Å². The number of hydrogen-bond acceptors (Lipinski definition) is 2. The van der Waals surface area contributed by atoms with E-state index in [2.05, 4.69) is 49.1 Å². The van der Waals surface area contributed by atoms with E-state index in [1.54, 1.807) is 11.1 Å². The largest absolute Gasteiger partial charge is 0.377 e. The predicted octanol–water partition coefficient (Wildman–Crippen LogP) is 3.51. The van der Waals surface area contributed by atoms with Crippen LogP contribution in [-0.4, -0.2) is 39.1 Å². The summed E-state index contributed by atoms with van der Waals surface area (Å²) in [5.74, 6) is 1.72. The molecule has 2 nitrogen and oxygen atoms in total. The van der Waals surface area contributed by atoms with Crippen LogP contribution in [0.1, 0.15) is 42.7 Å². The fourth-order valence-electron chi connectivity index (χ4n) is 4.21. The maximum absolute atomic E-state index is 2.48. The van der Waals surface area contributed by atoms with Crippen molar-refractivity contribution in [2.45, 2.75) is 38.0 Å². The van der Waals surface area contributed by atoms with E-state index in [1.807, 2.05) is 0 Å². The molecule has 1 unspecified atom stereocenters. The zero-order valence-corrected chi connectivity index (χ0v) is 13.2. The Morgan fingerprint density at radius 1 is 1.10 bits per heavy atom. The molecule has 0 N–H and O–H groups in total. The van der Waals surface area contributed by atoms with Crippen LogP contribution < -0.4 is 4.90 Å². The van der Waals surface area contributed by atoms with Crippen molar-refractivity contribution in [3.05, 3.63) is 29.3 Å². The van der Waals surface area contributed by atoms with Gasteiger partial charge in [-0.15, -0.1) is 0 Å². The van der Waals surface area contributed by atoms with Gasteiger partial charge in [-0.3, -0.25) is 0 Å². The molecule has 1 aliphatic carbocycles. The van der Waals surface area contributed by atoms with Gasteiger partial charge in [0.15, 0.2) is 0 Å². The van der Waals surface area contributed by atoms with E-state index < -0.39 is 0 Å². The minimum Gasteiger partial charge on any atom is -0.377 e. The molecular formula is C18H28N2. The smallest absolute Gasteiger partial charge is 0.0396 e. The lowest BCUT2D eigenvalue weighted by Crippen LogP contribution is -2.33. The maximum Gasteiger partial charge on any atom is 0.0396 e. The van der Waals surface area contributed by atoms with Crippen molar-refractivity contribution in [3.8, 4) is 0 Å². The molecule has 1 aromatic carbocycles. The molecule has 1 aromatic rings. The number of benzene rings is 1. The Balaban J connectivity index is 1.88. The average Bonchev–Trinajstić information content (AvgIpc) is 2.47. The van der Waals surface area contributed by atoms with Crippen LogP contribution in [0.2, 0.25) is 0 Å². The fraction of sp³-hybridized carbons (Fsp3) is 0.667. The van der Waals surface area contributed by atoms with Crippen molar-refractivity contribution in [3.63, 3.8) is 0 Å². The highest BCUT2D eigenvalue weighted by molar-refractivity contribution is 5.57. The Morgan fingerprint density at radius 2 is 1.85 bits per heavy atom. The van der Waals surface area contributed by atoms with E-state index in [-0.39, 0.29) is 0 Å². The van der Waals surface area contributed by atoms with Crippen LogP contribution in [0.25, 0.3) is 0 Å². The van der Waals surface area contributed by atoms with Crippen LogP contribution in [-0.2, 0) is 6.42 Å². The van der Waals surface area contributed by atoms with Gasteiger partial charge >= 0.3 is 0 Å². The number of fused-ring (bicyclic) bond motifs is 1. The van der Waals surface area contributed by atoms with Gasteiger partial charge < -0.3 is 9.80 Å². The van der Waals surface area contributed by atoms with Crippen LogP contribution in [0.5, 0.6) is 0 Å². The Hall–Kier alpha value is -1.02. The zero-order chi connectivity index (χ0) is 14.1. The monoisotopic (exact) mass is 272 g/mol. The molecule has 3 rings (SSSR count). The lowest BCUT2D eigenvalue weighted by Gasteiger charge is -2.38. The zero-order valence-electron chi connectivity index (χ0n) is 13.2. The summed E-state index contributed by atoms with van der Waals surface area (Å²) in [5.41, 5.74) is 4.74. The highest BCUT2D eigenvalue weighted by atomic mass is 15.1. The van der Waals surface area contributed by atoms with E-state index >= 15 is 0 Å². The normalized spacial score (nSPS) is 24.4. The number of hydrogen-bond donors (Lipinski definition) is 0. The third kappa shape index (κ3) is 2.58. The van der Waals surface area contributed by atoms with Gasteiger partial charge in [-0.2, -0.15) is 0 Å². The molecule has 0 spiro atoms. The Kier molecular flexibility index (Phi) is 4.02. The van der Waals surface area contributed by atoms with Crippen molar-refractivity contribution in [1.82, 2.24) is 4.90 Å². The lowest BCUT2D eigenvalue weighted by atomic mass is 9.72. The molecule has 0 amide bonds. The van der Waals surface area contributed by atoms with Gasteiger partial charge in [-0.1, -0.05) is 12.1 Å². The molecule has 2 aliphatic rings. The van der Waals surface area contributed by atoms with E-state index in [4.69, 9.17) is 0 Å². The average molecular weight is 272 g/mol. The SMILES string of the molecule is CN1CCC(C2CCCc3c2cccc3N(C)C)CC1. The van der Waals surface area contributed by atoms with Crippen LogP contribution in [0.3, 0.4) is 0 Å². The van der Waals surface area contributed by atoms with Crippen LogP contribution in [0, 0.1) is 5.92 Å². The quantitative estimate of drug-likeness (QED) is 0.813. The Bertz CT molecular complexity index is 458. The Labute approximate surface area is 123 Å². The number of piperidine rings is 1. The number of nitrogens with zero attached hydrogens (tertiary/aromatic N) is 2. The third-order valence-electron chi connectivity index (χ3n) is 5.34. The van der Waals surface area contributed by atoms with Gasteiger partial charge in [0, 0.05) is 19.8 Å². The first-order chi connectivity index (χ1) is 9.66. The highest BCUT2D eigenvalue weighted by Gasteiger charge is 2.30. The van der Waals surface area contributed by atoms with Crippen molar-refractivity contribution in [1.29, 1.82) is 0 Å². The molecule has 0 radical (unpaired) electrons. The summed E-state index contributed by atoms with van der Waals surface area (Å²) in [7, 11) is 6.61. The summed E-state index contributed by atoms with van der Waals surface area (Å²) in [6.45, 7) is 2.56. The first kappa shape index (κ1) is 13.9. The Morgan fingerprint density at radius 3 is 2.55 bits per heavy atom. The highest BCUT2D eigenvalue weighted by Crippen LogP contribution is 2.43. The summed E-state index contributed by atoms with van der Waals surface area (Å²) in [5, 5.41) is 0. The number of anilines is 1. The summed E-state index contributed by atoms with van der Waals surface area (Å²) in [6.07, 6.45) is 6.81. The van der Waals surface area contributed by atoms with Gasteiger partial charge in [-0.25, -0.2) is 0 Å². The first-order valence-corrected chi connectivity index (χ1v) is 8.14. The van der Waals surface area contributed by atoms with E-state index in [9.17, 15) is 0 Å². The molecule has 1 aliphatic heterocycles. The molecule has 20 heavy (non-hydrogen) atoms. The molecule has 0 saturated carbocycles. The molecule has 110 valence electrons. The number of rotatable bonds is 2. The lowest BCUT2D eigenvalue weighted by molar-refractivity contribution is 0.190. The van der Waals surface area contributed by atoms with Gasteiger partial charge in [0.05, 0.1) is 0 Å². The van der Waals surface area contributed by atoms with Gasteiger partial charge in [0.2, 0.25) is 0 Å². The number of likely N-dealkylation sites (tertiary alicyclic amines) is 1. The second-order valence-electron chi connectivity index (χ2n) is 6.88. The molecule has 2 heteroatoms. The third-order valence-corrected chi connectivity index (χ3v) is 5.34. The van der Waals surface area contributed by atoms with Crippen molar-refractivity contribution >= 4 is 5.69 Å². The maximum atomic E-state index is 2.48. The minimum atomic E-state index is 0.812. The molecule has 1 atom stereocenters. The molecular weight excluding hydrogens is 244 g/mol. The minimum absolute atomic E-state index is 0.812. The second kappa shape index (κ2) is 5.77. The molecule has 1 fully saturated rings. The van der Waals surface area contributed by atoms with E-state index in [0.29, 0.717) is 0 Å². The molecule has 1 heterocycles. The van der Waals surface area contributed by atoms with E-state index in [0.717, 1.165) is 11.8 Å². The van der Waals surface area contributed by atoms with Gasteiger partial charge in [0.1, 0.15) is 0 Å². The fourth-order valence-corrected chi connectivity index (χ4v) is 4.21. The molecule has 0 bridgehead atoms. The standard InChI is InChI=1S/C18H28N2/c1-19(2)18-9-5-7-16-15(6-4-8-17(16)18)14-10-12-20(3)13-11-14/h5,7,9,14-15H,4,6,8,10-13H2,1-3H3. The molecule has 1 saturated heterocycles. The second-order valence-corrected chi connectivity index (χ2v) is 6.88. The summed E-state index contributed by atoms with van der Waals surface area (Å²) in [4.78, 5) is 4.77. The first-order valence-electron chi connectivity index (χ1n) is 8.14. The summed E-state index contributed by atoms with van der Waals surface area (Å²) in [6, 6.07) is 6.96. The van der Waals surface area contributed by atoms with Crippen LogP contribution in [0.15, 0.2) is 18.2 Å². The van der Waals surface area contributed by atoms with Crippen molar-refractivity contribution in [2.24, 2.45) is 5.92 Å². The van der Waals surface area contributed by atoms with Gasteiger partial charge in [-0.05, 0) is 81.3 Å². The van der Waals surface area contributed by atoms with Crippen LogP contribution >= 0.6 is 0 Å². The topological polar surface area (TPSA) is 6.48 Å². The molecule has 0 aromatic heterocycles. The summed E-state index contributed by atoms with van der Waals surface area (Å²) >= 11 is 0. The summed E-state index contributed by atoms with van der Waals surface area (Å²) < 4.78 is 0. The predicted molar refractivity (Wildman–Crippen MR) is 86.7 cm³/mol. The van der Waals surface area contributed by atoms with Gasteiger partial charge in [0.25, 0.3) is 0 Å². The van der Waals surface area contributed by atoms with Crippen molar-refractivity contribution < 1.29 is 0 Å². The van der Waals surface area contributed by atoms with E-state index in [1.165, 1.54) is 50.9 Å². The van der Waals surface area contributed by atoms with Crippen LogP contribution in [0.4, 0.5) is 5.69 Å².